The zero-order valence-electron chi connectivity index (χ0n) is 12.9. The molecule has 0 spiro atoms. The molecular formula is C14H22F3NO5S. The molecule has 2 aliphatic rings. The van der Waals surface area contributed by atoms with Crippen LogP contribution in [0.1, 0.15) is 34.6 Å². The van der Waals surface area contributed by atoms with E-state index in [0.29, 0.717) is 0 Å². The molecule has 1 fully saturated rings. The minimum absolute atomic E-state index is 0. The molecule has 1 saturated heterocycles. The number of fused-ring (bicyclic) bond motifs is 1. The number of rotatable bonds is 2. The molecular weight excluding hydrogens is 351 g/mol. The zero-order chi connectivity index (χ0) is 17.6. The maximum Gasteiger partial charge on any atom is 0.534 e. The van der Waals surface area contributed by atoms with Crippen LogP contribution in [0.25, 0.3) is 0 Å². The molecule has 0 aromatic carbocycles. The van der Waals surface area contributed by atoms with Crippen molar-refractivity contribution in [1.29, 1.82) is 0 Å². The van der Waals surface area contributed by atoms with E-state index in [4.69, 9.17) is 4.74 Å². The van der Waals surface area contributed by atoms with E-state index in [2.05, 4.69) is 4.18 Å². The van der Waals surface area contributed by atoms with Crippen LogP contribution in [0.3, 0.4) is 0 Å². The fourth-order valence-electron chi connectivity index (χ4n) is 2.59. The minimum atomic E-state index is -5.64. The highest BCUT2D eigenvalue weighted by Gasteiger charge is 2.50. The summed E-state index contributed by atoms with van der Waals surface area (Å²) in [6.45, 7) is 5.74. The molecule has 140 valence electrons. The summed E-state index contributed by atoms with van der Waals surface area (Å²) in [6.07, 6.45) is 0.892. The van der Waals surface area contributed by atoms with Crippen molar-refractivity contribution in [1.82, 2.24) is 4.90 Å². The van der Waals surface area contributed by atoms with Crippen LogP contribution in [0, 0.1) is 11.8 Å². The van der Waals surface area contributed by atoms with Gasteiger partial charge in [-0.15, -0.1) is 0 Å². The third kappa shape index (κ3) is 4.55. The molecule has 2 atom stereocenters. The molecule has 10 heteroatoms. The predicted molar refractivity (Wildman–Crippen MR) is 80.3 cm³/mol. The van der Waals surface area contributed by atoms with Crippen molar-refractivity contribution < 1.29 is 35.3 Å². The van der Waals surface area contributed by atoms with Gasteiger partial charge in [-0.05, 0) is 32.8 Å². The molecule has 24 heavy (non-hydrogen) atoms. The van der Waals surface area contributed by atoms with E-state index in [0.717, 1.165) is 0 Å². The fraction of sp³-hybridized carbons (Fsp3) is 0.786. The molecule has 1 amide bonds. The monoisotopic (exact) mass is 373 g/mol. The van der Waals surface area contributed by atoms with Crippen molar-refractivity contribution >= 4 is 16.2 Å². The normalized spacial score (nSPS) is 24.1. The van der Waals surface area contributed by atoms with E-state index in [9.17, 15) is 26.4 Å². The van der Waals surface area contributed by atoms with Crippen molar-refractivity contribution in [2.24, 2.45) is 11.8 Å². The molecule has 0 N–H and O–H groups in total. The molecule has 1 aliphatic carbocycles. The number of nitrogens with zero attached hydrogens (tertiary/aromatic N) is 1. The first-order chi connectivity index (χ1) is 10.3. The number of likely N-dealkylation sites (tertiary alicyclic amines) is 1. The Balaban J connectivity index is 0.00000288. The SMILES string of the molecule is C.CC(C)(C)OC(=O)N1CC2C=C(OS(=O)(=O)C(F)(F)F)CC2C1. The van der Waals surface area contributed by atoms with E-state index in [1.807, 2.05) is 0 Å². The van der Waals surface area contributed by atoms with Crippen LogP contribution in [0.4, 0.5) is 18.0 Å². The van der Waals surface area contributed by atoms with Crippen molar-refractivity contribution in [2.45, 2.75) is 45.7 Å². The predicted octanol–water partition coefficient (Wildman–Crippen LogP) is 3.26. The quantitative estimate of drug-likeness (QED) is 0.549. The average molecular weight is 373 g/mol. The van der Waals surface area contributed by atoms with Gasteiger partial charge in [0.2, 0.25) is 0 Å². The lowest BCUT2D eigenvalue weighted by Crippen LogP contribution is -2.35. The molecule has 6 nitrogen and oxygen atoms in total. The summed E-state index contributed by atoms with van der Waals surface area (Å²) >= 11 is 0. The number of allylic oxidation sites excluding steroid dienone is 1. The molecule has 1 aliphatic heterocycles. The Labute approximate surface area is 139 Å². The first kappa shape index (κ1) is 20.6. The van der Waals surface area contributed by atoms with Crippen molar-refractivity contribution in [3.05, 3.63) is 11.8 Å². The highest BCUT2D eigenvalue weighted by molar-refractivity contribution is 7.87. The number of hydrogen-bond acceptors (Lipinski definition) is 5. The first-order valence-electron chi connectivity index (χ1n) is 6.98. The number of ether oxygens (including phenoxy) is 1. The summed E-state index contributed by atoms with van der Waals surface area (Å²) in [4.78, 5) is 13.4. The molecule has 0 saturated carbocycles. The summed E-state index contributed by atoms with van der Waals surface area (Å²) < 4.78 is 68.2. The number of hydrogen-bond donors (Lipinski definition) is 0. The molecule has 0 bridgehead atoms. The van der Waals surface area contributed by atoms with Gasteiger partial charge in [0.25, 0.3) is 0 Å². The van der Waals surface area contributed by atoms with E-state index in [1.165, 1.54) is 11.0 Å². The Hall–Kier alpha value is -1.45. The Kier molecular flexibility index (Phi) is 5.54. The van der Waals surface area contributed by atoms with Gasteiger partial charge in [-0.25, -0.2) is 4.79 Å². The van der Waals surface area contributed by atoms with E-state index < -0.39 is 27.3 Å². The summed E-state index contributed by atoms with van der Waals surface area (Å²) in [5.41, 5.74) is -6.09. The maximum atomic E-state index is 12.3. The number of amides is 1. The van der Waals surface area contributed by atoms with Gasteiger partial charge in [0.15, 0.2) is 0 Å². The highest BCUT2D eigenvalue weighted by Crippen LogP contribution is 2.39. The van der Waals surface area contributed by atoms with E-state index >= 15 is 0 Å². The van der Waals surface area contributed by atoms with Crippen molar-refractivity contribution in [3.63, 3.8) is 0 Å². The second-order valence-corrected chi connectivity index (χ2v) is 8.17. The molecule has 2 unspecified atom stereocenters. The van der Waals surface area contributed by atoms with Gasteiger partial charge in [0.05, 0.1) is 0 Å². The smallest absolute Gasteiger partial charge is 0.444 e. The maximum absolute atomic E-state index is 12.3. The van der Waals surface area contributed by atoms with Crippen LogP contribution in [-0.2, 0) is 19.0 Å². The number of carbonyl (C=O) groups is 1. The van der Waals surface area contributed by atoms with Gasteiger partial charge in [-0.3, -0.25) is 0 Å². The highest BCUT2D eigenvalue weighted by atomic mass is 32.2. The summed E-state index contributed by atoms with van der Waals surface area (Å²) in [6, 6.07) is 0. The molecule has 0 aromatic heterocycles. The van der Waals surface area contributed by atoms with Crippen LogP contribution in [0.15, 0.2) is 11.8 Å². The Morgan fingerprint density at radius 1 is 1.25 bits per heavy atom. The van der Waals surface area contributed by atoms with E-state index in [1.54, 1.807) is 20.8 Å². The lowest BCUT2D eigenvalue weighted by Gasteiger charge is -2.24. The summed E-state index contributed by atoms with van der Waals surface area (Å²) in [5.74, 6) is -0.622. The van der Waals surface area contributed by atoms with Gasteiger partial charge in [0.1, 0.15) is 11.4 Å². The van der Waals surface area contributed by atoms with Gasteiger partial charge in [-0.2, -0.15) is 21.6 Å². The van der Waals surface area contributed by atoms with Crippen LogP contribution < -0.4 is 0 Å². The van der Waals surface area contributed by atoms with Crippen LogP contribution >= 0.6 is 0 Å². The topological polar surface area (TPSA) is 72.9 Å². The largest absolute Gasteiger partial charge is 0.534 e. The van der Waals surface area contributed by atoms with Gasteiger partial charge in [0, 0.05) is 25.4 Å². The Bertz CT molecular complexity index is 621. The number of alkyl halides is 3. The zero-order valence-corrected chi connectivity index (χ0v) is 13.7. The second kappa shape index (κ2) is 6.45. The molecule has 2 rings (SSSR count). The summed E-state index contributed by atoms with van der Waals surface area (Å²) in [7, 11) is -5.64. The fourth-order valence-corrected chi connectivity index (χ4v) is 3.09. The third-order valence-electron chi connectivity index (χ3n) is 3.51. The molecule has 0 radical (unpaired) electrons. The van der Waals surface area contributed by atoms with Crippen LogP contribution in [-0.4, -0.2) is 43.6 Å². The number of carbonyl (C=O) groups excluding carboxylic acids is 1. The Morgan fingerprint density at radius 2 is 1.83 bits per heavy atom. The van der Waals surface area contributed by atoms with Crippen molar-refractivity contribution in [3.8, 4) is 0 Å². The van der Waals surface area contributed by atoms with Crippen molar-refractivity contribution in [2.75, 3.05) is 13.1 Å². The molecule has 0 aromatic rings. The van der Waals surface area contributed by atoms with Crippen LogP contribution in [0.5, 0.6) is 0 Å². The second-order valence-electron chi connectivity index (χ2n) is 6.63. The van der Waals surface area contributed by atoms with E-state index in [-0.39, 0.29) is 44.5 Å². The van der Waals surface area contributed by atoms with Crippen LogP contribution in [0.2, 0.25) is 0 Å². The Morgan fingerprint density at radius 3 is 2.29 bits per heavy atom. The number of halogens is 3. The minimum Gasteiger partial charge on any atom is -0.444 e. The first-order valence-corrected chi connectivity index (χ1v) is 8.39. The lowest BCUT2D eigenvalue weighted by atomic mass is 10.0. The summed E-state index contributed by atoms with van der Waals surface area (Å²) in [5, 5.41) is 0. The standard InChI is InChI=1S/C13H18F3NO5S.CH4/c1-12(2,3)21-11(18)17-6-8-4-10(5-9(8)7-17)22-23(19,20)13(14,15)16;/h4,8-9H,5-7H2,1-3H3;1H4. The molecule has 1 heterocycles. The van der Waals surface area contributed by atoms with Gasteiger partial charge < -0.3 is 13.8 Å². The van der Waals surface area contributed by atoms with Gasteiger partial charge in [-0.1, -0.05) is 7.43 Å². The van der Waals surface area contributed by atoms with Gasteiger partial charge >= 0.3 is 21.7 Å². The lowest BCUT2D eigenvalue weighted by molar-refractivity contribution is -0.0523. The average Bonchev–Trinajstić information content (AvgIpc) is 2.81. The third-order valence-corrected chi connectivity index (χ3v) is 4.51.